The lowest BCUT2D eigenvalue weighted by Gasteiger charge is -2.36. The summed E-state index contributed by atoms with van der Waals surface area (Å²) in [5, 5.41) is 8.63. The Morgan fingerprint density at radius 1 is 1.43 bits per heavy atom. The zero-order valence-corrected chi connectivity index (χ0v) is 7.50. The van der Waals surface area contributed by atoms with Crippen molar-refractivity contribution in [3.63, 3.8) is 0 Å². The predicted molar refractivity (Wildman–Crippen MR) is 48.1 cm³/mol. The first-order chi connectivity index (χ1) is 6.63. The first kappa shape index (κ1) is 9.14. The van der Waals surface area contributed by atoms with Crippen LogP contribution < -0.4 is 0 Å². The summed E-state index contributed by atoms with van der Waals surface area (Å²) in [7, 11) is 0. The van der Waals surface area contributed by atoms with Gasteiger partial charge in [0.2, 0.25) is 0 Å². The molecule has 1 aromatic carbocycles. The van der Waals surface area contributed by atoms with E-state index < -0.39 is 11.8 Å². The first-order valence-electron chi connectivity index (χ1n) is 4.51. The van der Waals surface area contributed by atoms with E-state index in [1.54, 1.807) is 24.3 Å². The number of hydrogen-bond donors (Lipinski definition) is 0. The van der Waals surface area contributed by atoms with Gasteiger partial charge in [0, 0.05) is 12.3 Å². The van der Waals surface area contributed by atoms with Gasteiger partial charge in [0.15, 0.2) is 0 Å². The highest BCUT2D eigenvalue weighted by molar-refractivity contribution is 5.36. The van der Waals surface area contributed by atoms with Crippen molar-refractivity contribution in [2.75, 3.05) is 0 Å². The minimum Gasteiger partial charge on any atom is -0.206 e. The van der Waals surface area contributed by atoms with E-state index in [0.29, 0.717) is 17.5 Å². The van der Waals surface area contributed by atoms with E-state index in [4.69, 9.17) is 5.26 Å². The summed E-state index contributed by atoms with van der Waals surface area (Å²) in [5.74, 6) is -3.26. The van der Waals surface area contributed by atoms with E-state index in [1.807, 2.05) is 6.07 Å². The molecule has 1 unspecified atom stereocenters. The fourth-order valence-electron chi connectivity index (χ4n) is 1.74. The lowest BCUT2D eigenvalue weighted by molar-refractivity contribution is -0.0962. The minimum atomic E-state index is -2.58. The summed E-state index contributed by atoms with van der Waals surface area (Å²) in [6, 6.07) is 8.45. The van der Waals surface area contributed by atoms with Crippen LogP contribution in [-0.2, 0) is 0 Å². The molecule has 0 radical (unpaired) electrons. The van der Waals surface area contributed by atoms with Crippen LogP contribution >= 0.6 is 0 Å². The van der Waals surface area contributed by atoms with Gasteiger partial charge in [-0.3, -0.25) is 0 Å². The van der Waals surface area contributed by atoms with Crippen LogP contribution in [0.2, 0.25) is 0 Å². The third-order valence-electron chi connectivity index (χ3n) is 2.69. The second-order valence-corrected chi connectivity index (χ2v) is 3.59. The Morgan fingerprint density at radius 3 is 2.71 bits per heavy atom. The quantitative estimate of drug-likeness (QED) is 0.672. The molecule has 0 aliphatic heterocycles. The largest absolute Gasteiger partial charge is 0.254 e. The molecule has 2 rings (SSSR count). The van der Waals surface area contributed by atoms with Crippen LogP contribution in [0, 0.1) is 11.3 Å². The number of nitriles is 1. The van der Waals surface area contributed by atoms with Crippen LogP contribution in [0.25, 0.3) is 0 Å². The van der Waals surface area contributed by atoms with Gasteiger partial charge in [-0.05, 0) is 24.1 Å². The summed E-state index contributed by atoms with van der Waals surface area (Å²) in [6.45, 7) is 0. The van der Waals surface area contributed by atoms with Crippen LogP contribution in [0.4, 0.5) is 8.78 Å². The minimum absolute atomic E-state index is 0.0333. The summed E-state index contributed by atoms with van der Waals surface area (Å²) in [6.07, 6.45) is 0.482. The van der Waals surface area contributed by atoms with Crippen LogP contribution in [0.3, 0.4) is 0 Å². The van der Waals surface area contributed by atoms with E-state index >= 15 is 0 Å². The van der Waals surface area contributed by atoms with E-state index in [0.717, 1.165) is 0 Å². The summed E-state index contributed by atoms with van der Waals surface area (Å²) in [5.41, 5.74) is 1.03. The van der Waals surface area contributed by atoms with Crippen molar-refractivity contribution in [2.45, 2.75) is 24.7 Å². The van der Waals surface area contributed by atoms with E-state index in [-0.39, 0.29) is 6.42 Å². The van der Waals surface area contributed by atoms with Crippen molar-refractivity contribution in [1.29, 1.82) is 5.26 Å². The second kappa shape index (κ2) is 3.06. The van der Waals surface area contributed by atoms with Gasteiger partial charge in [-0.15, -0.1) is 0 Å². The molecule has 0 aromatic heterocycles. The molecule has 1 aliphatic rings. The van der Waals surface area contributed by atoms with Gasteiger partial charge in [-0.25, -0.2) is 8.78 Å². The van der Waals surface area contributed by atoms with Gasteiger partial charge in [0.05, 0.1) is 11.6 Å². The smallest absolute Gasteiger partial charge is 0.206 e. The Morgan fingerprint density at radius 2 is 2.21 bits per heavy atom. The Labute approximate surface area is 81.0 Å². The molecule has 3 heteroatoms. The van der Waals surface area contributed by atoms with Gasteiger partial charge >= 0.3 is 0 Å². The number of nitrogens with zero attached hydrogens (tertiary/aromatic N) is 1. The fourth-order valence-corrected chi connectivity index (χ4v) is 1.74. The molecule has 1 nitrogen and oxygen atoms in total. The molecule has 1 atom stereocenters. The number of benzene rings is 1. The van der Waals surface area contributed by atoms with Gasteiger partial charge in [-0.1, -0.05) is 12.1 Å². The maximum Gasteiger partial charge on any atom is 0.254 e. The van der Waals surface area contributed by atoms with Crippen molar-refractivity contribution in [1.82, 2.24) is 0 Å². The van der Waals surface area contributed by atoms with E-state index in [9.17, 15) is 8.78 Å². The highest BCUT2D eigenvalue weighted by Gasteiger charge is 2.48. The molecule has 0 amide bonds. The molecule has 1 fully saturated rings. The number of halogens is 2. The molecule has 0 bridgehead atoms. The lowest BCUT2D eigenvalue weighted by atomic mass is 9.76. The third kappa shape index (κ3) is 1.37. The second-order valence-electron chi connectivity index (χ2n) is 3.59. The van der Waals surface area contributed by atoms with Gasteiger partial charge in [0.1, 0.15) is 0 Å². The van der Waals surface area contributed by atoms with Crippen LogP contribution in [0.15, 0.2) is 24.3 Å². The average Bonchev–Trinajstić information content (AvgIpc) is 2.17. The normalized spacial score (nSPS) is 23.6. The van der Waals surface area contributed by atoms with Gasteiger partial charge < -0.3 is 0 Å². The van der Waals surface area contributed by atoms with Gasteiger partial charge in [0.25, 0.3) is 5.92 Å². The van der Waals surface area contributed by atoms with Crippen molar-refractivity contribution >= 4 is 0 Å². The maximum atomic E-state index is 13.0. The van der Waals surface area contributed by atoms with Crippen LogP contribution in [0.5, 0.6) is 0 Å². The monoisotopic (exact) mass is 193 g/mol. The molecule has 1 saturated carbocycles. The highest BCUT2D eigenvalue weighted by Crippen LogP contribution is 2.49. The molecule has 1 aliphatic carbocycles. The number of rotatable bonds is 1. The van der Waals surface area contributed by atoms with E-state index in [2.05, 4.69) is 0 Å². The predicted octanol–water partition coefficient (Wildman–Crippen LogP) is 3.07. The van der Waals surface area contributed by atoms with Gasteiger partial charge in [-0.2, -0.15) is 5.26 Å². The molecule has 0 saturated heterocycles. The molecular formula is C11H9F2N. The molecular weight excluding hydrogens is 184 g/mol. The molecule has 0 N–H and O–H groups in total. The molecule has 1 aromatic rings. The van der Waals surface area contributed by atoms with Crippen LogP contribution in [-0.4, -0.2) is 5.92 Å². The molecule has 0 spiro atoms. The maximum absolute atomic E-state index is 13.0. The summed E-state index contributed by atoms with van der Waals surface area (Å²) < 4.78 is 26.1. The SMILES string of the molecule is N#Cc1cccc(C2CCC2(F)F)c1. The van der Waals surface area contributed by atoms with Crippen LogP contribution in [0.1, 0.15) is 29.9 Å². The summed E-state index contributed by atoms with van der Waals surface area (Å²) in [4.78, 5) is 0. The lowest BCUT2D eigenvalue weighted by Crippen LogP contribution is -2.36. The Bertz CT molecular complexity index is 393. The zero-order chi connectivity index (χ0) is 10.2. The van der Waals surface area contributed by atoms with Crippen molar-refractivity contribution in [3.05, 3.63) is 35.4 Å². The Balaban J connectivity index is 2.30. The average molecular weight is 193 g/mol. The van der Waals surface area contributed by atoms with E-state index in [1.165, 1.54) is 0 Å². The van der Waals surface area contributed by atoms with Crippen molar-refractivity contribution in [3.8, 4) is 6.07 Å². The number of hydrogen-bond acceptors (Lipinski definition) is 1. The topological polar surface area (TPSA) is 23.8 Å². The molecule has 14 heavy (non-hydrogen) atoms. The third-order valence-corrected chi connectivity index (χ3v) is 2.69. The molecule has 72 valence electrons. The Kier molecular flexibility index (Phi) is 1.99. The fraction of sp³-hybridized carbons (Fsp3) is 0.364. The standard InChI is InChI=1S/C11H9F2N/c12-11(13)5-4-10(11)9-3-1-2-8(6-9)7-14/h1-3,6,10H,4-5H2. The molecule has 0 heterocycles. The van der Waals surface area contributed by atoms with Crippen molar-refractivity contribution < 1.29 is 8.78 Å². The number of alkyl halides is 2. The Hall–Kier alpha value is -1.43. The first-order valence-corrected chi connectivity index (χ1v) is 4.51. The van der Waals surface area contributed by atoms with Crippen molar-refractivity contribution in [2.24, 2.45) is 0 Å². The summed E-state index contributed by atoms with van der Waals surface area (Å²) >= 11 is 0. The zero-order valence-electron chi connectivity index (χ0n) is 7.50. The highest BCUT2D eigenvalue weighted by atomic mass is 19.3.